The minimum absolute atomic E-state index is 0.144. The van der Waals surface area contributed by atoms with E-state index in [0.29, 0.717) is 0 Å². The van der Waals surface area contributed by atoms with Crippen molar-refractivity contribution in [3.8, 4) is 22.3 Å². The van der Waals surface area contributed by atoms with E-state index in [2.05, 4.69) is 162 Å². The number of anilines is 3. The predicted molar refractivity (Wildman–Crippen MR) is 179 cm³/mol. The van der Waals surface area contributed by atoms with Crippen LogP contribution in [0.4, 0.5) is 17.1 Å². The highest BCUT2D eigenvalue weighted by atomic mass is 79.9. The van der Waals surface area contributed by atoms with Crippen molar-refractivity contribution in [3.63, 3.8) is 0 Å². The van der Waals surface area contributed by atoms with Crippen molar-refractivity contribution in [2.24, 2.45) is 0 Å². The lowest BCUT2D eigenvalue weighted by molar-refractivity contribution is 0.660. The Balaban J connectivity index is 1.43. The van der Waals surface area contributed by atoms with Gasteiger partial charge in [-0.05, 0) is 94.5 Å². The van der Waals surface area contributed by atoms with Crippen LogP contribution in [-0.2, 0) is 5.41 Å². The number of benzene rings is 6. The predicted octanol–water partition coefficient (Wildman–Crippen LogP) is 11.8. The molecule has 6 aromatic carbocycles. The van der Waals surface area contributed by atoms with Gasteiger partial charge < -0.3 is 9.32 Å². The molecule has 7 aromatic rings. The van der Waals surface area contributed by atoms with Gasteiger partial charge >= 0.3 is 0 Å². The number of halogens is 1. The van der Waals surface area contributed by atoms with Gasteiger partial charge in [-0.3, -0.25) is 0 Å². The summed E-state index contributed by atoms with van der Waals surface area (Å²) in [4.78, 5) is 2.41. The number of fused-ring (bicyclic) bond motifs is 6. The molecule has 1 aromatic heterocycles. The van der Waals surface area contributed by atoms with Crippen molar-refractivity contribution in [2.45, 2.75) is 19.3 Å². The Labute approximate surface area is 254 Å². The second kappa shape index (κ2) is 9.47. The molecule has 0 bridgehead atoms. The fourth-order valence-electron chi connectivity index (χ4n) is 6.65. The monoisotopic (exact) mass is 605 g/mol. The Morgan fingerprint density at radius 2 is 1.26 bits per heavy atom. The van der Waals surface area contributed by atoms with Gasteiger partial charge in [-0.2, -0.15) is 0 Å². The molecule has 2 nitrogen and oxygen atoms in total. The Morgan fingerprint density at radius 3 is 2.00 bits per heavy atom. The third-order valence-corrected chi connectivity index (χ3v) is 9.19. The first-order chi connectivity index (χ1) is 20.5. The molecule has 0 saturated carbocycles. The number of nitrogens with zero attached hydrogens (tertiary/aromatic N) is 1. The zero-order chi connectivity index (χ0) is 28.4. The van der Waals surface area contributed by atoms with E-state index in [1.54, 1.807) is 0 Å². The van der Waals surface area contributed by atoms with E-state index in [-0.39, 0.29) is 5.41 Å². The fraction of sp³-hybridized carbons (Fsp3) is 0.0769. The number of hydrogen-bond donors (Lipinski definition) is 0. The third-order valence-electron chi connectivity index (χ3n) is 8.70. The van der Waals surface area contributed by atoms with Crippen LogP contribution in [0, 0.1) is 0 Å². The summed E-state index contributed by atoms with van der Waals surface area (Å²) in [7, 11) is 0. The third kappa shape index (κ3) is 3.84. The molecular weight excluding hydrogens is 578 g/mol. The summed E-state index contributed by atoms with van der Waals surface area (Å²) in [6, 6.07) is 47.9. The van der Waals surface area contributed by atoms with Gasteiger partial charge in [0, 0.05) is 37.6 Å². The van der Waals surface area contributed by atoms with E-state index in [4.69, 9.17) is 4.42 Å². The maximum Gasteiger partial charge on any atom is 0.136 e. The van der Waals surface area contributed by atoms with E-state index in [1.807, 2.05) is 6.07 Å². The molecule has 0 spiro atoms. The van der Waals surface area contributed by atoms with Gasteiger partial charge in [-0.1, -0.05) is 96.5 Å². The Kier molecular flexibility index (Phi) is 5.67. The molecule has 1 heterocycles. The Morgan fingerprint density at radius 1 is 0.571 bits per heavy atom. The lowest BCUT2D eigenvalue weighted by Gasteiger charge is -2.29. The molecule has 42 heavy (non-hydrogen) atoms. The first-order valence-electron chi connectivity index (χ1n) is 14.3. The molecule has 8 rings (SSSR count). The van der Waals surface area contributed by atoms with Crippen molar-refractivity contribution in [3.05, 3.63) is 149 Å². The highest BCUT2D eigenvalue weighted by molar-refractivity contribution is 9.10. The lowest BCUT2D eigenvalue weighted by atomic mass is 9.81. The summed E-state index contributed by atoms with van der Waals surface area (Å²) in [5, 5.41) is 2.25. The highest BCUT2D eigenvalue weighted by Gasteiger charge is 2.38. The van der Waals surface area contributed by atoms with Gasteiger partial charge in [0.05, 0.1) is 5.69 Å². The highest BCUT2D eigenvalue weighted by Crippen LogP contribution is 2.55. The van der Waals surface area contributed by atoms with Gasteiger partial charge in [-0.25, -0.2) is 0 Å². The van der Waals surface area contributed by atoms with Crippen LogP contribution in [-0.4, -0.2) is 0 Å². The molecule has 0 N–H and O–H groups in total. The zero-order valence-electron chi connectivity index (χ0n) is 23.4. The van der Waals surface area contributed by atoms with E-state index < -0.39 is 0 Å². The second-order valence-electron chi connectivity index (χ2n) is 11.5. The topological polar surface area (TPSA) is 16.4 Å². The van der Waals surface area contributed by atoms with Crippen molar-refractivity contribution in [1.82, 2.24) is 0 Å². The molecule has 1 aliphatic carbocycles. The zero-order valence-corrected chi connectivity index (χ0v) is 25.0. The van der Waals surface area contributed by atoms with Crippen LogP contribution in [0.2, 0.25) is 0 Å². The minimum atomic E-state index is -0.144. The van der Waals surface area contributed by atoms with Gasteiger partial charge in [0.25, 0.3) is 0 Å². The Hall–Kier alpha value is -4.60. The van der Waals surface area contributed by atoms with Crippen LogP contribution in [0.25, 0.3) is 44.2 Å². The SMILES string of the molecule is CC1(C)c2ccccc2-c2c(N(c3ccccc3)c3ccccc3)cc(-c3ccc4oc5cc(Br)ccc5c4c3)cc21. The summed E-state index contributed by atoms with van der Waals surface area (Å²) in [5.74, 6) is 0. The van der Waals surface area contributed by atoms with Gasteiger partial charge in [0.1, 0.15) is 11.2 Å². The van der Waals surface area contributed by atoms with Crippen LogP contribution in [0.3, 0.4) is 0 Å². The van der Waals surface area contributed by atoms with E-state index in [1.165, 1.54) is 39.1 Å². The van der Waals surface area contributed by atoms with E-state index >= 15 is 0 Å². The van der Waals surface area contributed by atoms with Crippen molar-refractivity contribution in [1.29, 1.82) is 0 Å². The van der Waals surface area contributed by atoms with Crippen LogP contribution in [0.15, 0.2) is 142 Å². The number of hydrogen-bond acceptors (Lipinski definition) is 2. The first-order valence-corrected chi connectivity index (χ1v) is 15.1. The smallest absolute Gasteiger partial charge is 0.136 e. The fourth-order valence-corrected chi connectivity index (χ4v) is 6.99. The molecular formula is C39H28BrNO. The van der Waals surface area contributed by atoms with Gasteiger partial charge in [0.2, 0.25) is 0 Å². The maximum atomic E-state index is 6.21. The van der Waals surface area contributed by atoms with E-state index in [0.717, 1.165) is 37.8 Å². The number of rotatable bonds is 4. The first kappa shape index (κ1) is 25.1. The normalized spacial score (nSPS) is 13.3. The number of furan rings is 1. The van der Waals surface area contributed by atoms with Crippen molar-refractivity contribution < 1.29 is 4.42 Å². The van der Waals surface area contributed by atoms with Gasteiger partial charge in [0.15, 0.2) is 0 Å². The summed E-state index contributed by atoms with van der Waals surface area (Å²) in [5.41, 5.74) is 12.8. The quantitative estimate of drug-likeness (QED) is 0.198. The maximum absolute atomic E-state index is 6.21. The minimum Gasteiger partial charge on any atom is -0.456 e. The average Bonchev–Trinajstić information content (AvgIpc) is 3.49. The molecule has 0 amide bonds. The van der Waals surface area contributed by atoms with Gasteiger partial charge in [-0.15, -0.1) is 0 Å². The summed E-state index contributed by atoms with van der Waals surface area (Å²) >= 11 is 3.59. The second-order valence-corrected chi connectivity index (χ2v) is 12.5. The molecule has 0 fully saturated rings. The van der Waals surface area contributed by atoms with Crippen LogP contribution >= 0.6 is 15.9 Å². The Bertz CT molecular complexity index is 2090. The standard InChI is InChI=1S/C39H28BrNO/c1-39(2)33-16-10-9-15-31(33)38-34(39)22-26(25-17-20-36-32(21-25)30-19-18-27(40)24-37(30)42-36)23-35(38)41(28-11-5-3-6-12-28)29-13-7-4-8-14-29/h3-24H,1-2H3. The molecule has 0 aliphatic heterocycles. The van der Waals surface area contributed by atoms with Crippen LogP contribution in [0.1, 0.15) is 25.0 Å². The summed E-state index contributed by atoms with van der Waals surface area (Å²) in [6.45, 7) is 4.70. The largest absolute Gasteiger partial charge is 0.456 e. The van der Waals surface area contributed by atoms with Crippen LogP contribution in [0.5, 0.6) is 0 Å². The average molecular weight is 607 g/mol. The molecule has 0 radical (unpaired) electrons. The lowest BCUT2D eigenvalue weighted by Crippen LogP contribution is -2.16. The van der Waals surface area contributed by atoms with Crippen molar-refractivity contribution >= 4 is 54.9 Å². The molecule has 0 saturated heterocycles. The summed E-state index contributed by atoms with van der Waals surface area (Å²) in [6.07, 6.45) is 0. The van der Waals surface area contributed by atoms with Crippen molar-refractivity contribution in [2.75, 3.05) is 4.90 Å². The van der Waals surface area contributed by atoms with E-state index in [9.17, 15) is 0 Å². The molecule has 3 heteroatoms. The molecule has 0 atom stereocenters. The molecule has 1 aliphatic rings. The number of para-hydroxylation sites is 2. The molecule has 202 valence electrons. The van der Waals surface area contributed by atoms with Crippen LogP contribution < -0.4 is 4.90 Å². The summed E-state index contributed by atoms with van der Waals surface area (Å²) < 4.78 is 7.23. The molecule has 0 unspecified atom stereocenters.